The zero-order valence-electron chi connectivity index (χ0n) is 10.6. The van der Waals surface area contributed by atoms with Crippen LogP contribution in [0.5, 0.6) is 0 Å². The zero-order valence-corrected chi connectivity index (χ0v) is 10.6. The Kier molecular flexibility index (Phi) is 5.41. The maximum atomic E-state index is 11.8. The van der Waals surface area contributed by atoms with Gasteiger partial charge in [-0.25, -0.2) is 0 Å². The fourth-order valence-electron chi connectivity index (χ4n) is 2.12. The van der Waals surface area contributed by atoms with E-state index in [2.05, 4.69) is 5.32 Å². The molecule has 0 aromatic carbocycles. The van der Waals surface area contributed by atoms with Crippen LogP contribution in [0.3, 0.4) is 0 Å². The van der Waals surface area contributed by atoms with Crippen LogP contribution in [0.15, 0.2) is 0 Å². The molecular weight excluding hydrogens is 220 g/mol. The van der Waals surface area contributed by atoms with Gasteiger partial charge in [0.1, 0.15) is 6.04 Å². The Morgan fingerprint density at radius 3 is 2.82 bits per heavy atom. The summed E-state index contributed by atoms with van der Waals surface area (Å²) >= 11 is 0. The first-order valence-electron chi connectivity index (χ1n) is 6.30. The Hall–Kier alpha value is -1.10. The molecule has 1 fully saturated rings. The first kappa shape index (κ1) is 14.0. The fraction of sp³-hybridized carbons (Fsp3) is 0.833. The summed E-state index contributed by atoms with van der Waals surface area (Å²) in [7, 11) is 0. The number of carboxylic acid groups (broad SMARTS) is 1. The quantitative estimate of drug-likeness (QED) is 0.744. The molecule has 0 aromatic rings. The van der Waals surface area contributed by atoms with Gasteiger partial charge in [0.05, 0.1) is 5.92 Å². The molecule has 0 aromatic heterocycles. The number of nitrogens with zero attached hydrogens (tertiary/aromatic N) is 1. The first-order valence-corrected chi connectivity index (χ1v) is 6.30. The monoisotopic (exact) mass is 242 g/mol. The highest BCUT2D eigenvalue weighted by molar-refractivity contribution is 5.79. The van der Waals surface area contributed by atoms with Crippen molar-refractivity contribution in [3.05, 3.63) is 0 Å². The Labute approximate surface area is 102 Å². The molecule has 1 aliphatic rings. The summed E-state index contributed by atoms with van der Waals surface area (Å²) in [5.41, 5.74) is 0. The number of rotatable bonds is 5. The fourth-order valence-corrected chi connectivity index (χ4v) is 2.12. The Morgan fingerprint density at radius 1 is 1.53 bits per heavy atom. The molecule has 5 nitrogen and oxygen atoms in total. The molecule has 17 heavy (non-hydrogen) atoms. The van der Waals surface area contributed by atoms with Gasteiger partial charge < -0.3 is 10.4 Å². The average molecular weight is 242 g/mol. The number of amides is 1. The lowest BCUT2D eigenvalue weighted by Gasteiger charge is -2.34. The van der Waals surface area contributed by atoms with Gasteiger partial charge in [0.2, 0.25) is 5.91 Å². The minimum Gasteiger partial charge on any atom is -0.480 e. The number of nitrogens with one attached hydrogen (secondary N) is 1. The van der Waals surface area contributed by atoms with Gasteiger partial charge in [0.15, 0.2) is 0 Å². The van der Waals surface area contributed by atoms with Crippen molar-refractivity contribution in [1.82, 2.24) is 10.2 Å². The van der Waals surface area contributed by atoms with Crippen LogP contribution in [0.1, 0.15) is 33.1 Å². The van der Waals surface area contributed by atoms with E-state index in [9.17, 15) is 9.59 Å². The lowest BCUT2D eigenvalue weighted by Crippen LogP contribution is -2.48. The van der Waals surface area contributed by atoms with Crippen molar-refractivity contribution in [2.45, 2.75) is 39.2 Å². The van der Waals surface area contributed by atoms with E-state index in [4.69, 9.17) is 5.11 Å². The summed E-state index contributed by atoms with van der Waals surface area (Å²) in [5.74, 6) is -0.814. The smallest absolute Gasteiger partial charge is 0.320 e. The van der Waals surface area contributed by atoms with Gasteiger partial charge in [-0.05, 0) is 32.7 Å². The third-order valence-corrected chi connectivity index (χ3v) is 3.28. The zero-order chi connectivity index (χ0) is 12.8. The topological polar surface area (TPSA) is 69.6 Å². The molecule has 0 aliphatic carbocycles. The van der Waals surface area contributed by atoms with Gasteiger partial charge in [-0.1, -0.05) is 6.92 Å². The molecule has 98 valence electrons. The van der Waals surface area contributed by atoms with Crippen LogP contribution in [0.2, 0.25) is 0 Å². The number of hydrogen-bond donors (Lipinski definition) is 2. The lowest BCUT2D eigenvalue weighted by molar-refractivity contribution is -0.144. The van der Waals surface area contributed by atoms with Gasteiger partial charge in [0, 0.05) is 13.1 Å². The van der Waals surface area contributed by atoms with Crippen LogP contribution in [0, 0.1) is 5.92 Å². The molecule has 5 heteroatoms. The largest absolute Gasteiger partial charge is 0.480 e. The molecule has 2 N–H and O–H groups in total. The summed E-state index contributed by atoms with van der Waals surface area (Å²) in [6.07, 6.45) is 2.67. The van der Waals surface area contributed by atoms with E-state index in [0.29, 0.717) is 13.1 Å². The number of hydrogen-bond acceptors (Lipinski definition) is 3. The molecule has 2 atom stereocenters. The number of carboxylic acids is 1. The highest BCUT2D eigenvalue weighted by atomic mass is 16.4. The average Bonchev–Trinajstić information content (AvgIpc) is 2.35. The molecule has 0 unspecified atom stereocenters. The molecular formula is C12H22N2O3. The van der Waals surface area contributed by atoms with Crippen LogP contribution >= 0.6 is 0 Å². The van der Waals surface area contributed by atoms with Crippen LogP contribution in [0.4, 0.5) is 0 Å². The minimum atomic E-state index is -0.820. The Balaban J connectivity index is 2.48. The van der Waals surface area contributed by atoms with E-state index in [0.717, 1.165) is 25.8 Å². The van der Waals surface area contributed by atoms with Crippen molar-refractivity contribution < 1.29 is 14.7 Å². The van der Waals surface area contributed by atoms with E-state index >= 15 is 0 Å². The molecule has 1 amide bonds. The summed E-state index contributed by atoms with van der Waals surface area (Å²) in [5, 5.41) is 11.8. The lowest BCUT2D eigenvalue weighted by atomic mass is 9.96. The van der Waals surface area contributed by atoms with Crippen LogP contribution < -0.4 is 5.32 Å². The van der Waals surface area contributed by atoms with Crippen molar-refractivity contribution in [2.75, 3.05) is 19.6 Å². The molecule has 1 heterocycles. The summed E-state index contributed by atoms with van der Waals surface area (Å²) in [4.78, 5) is 24.6. The third-order valence-electron chi connectivity index (χ3n) is 3.28. The van der Waals surface area contributed by atoms with Gasteiger partial charge in [-0.2, -0.15) is 0 Å². The number of carbonyl (C=O) groups excluding carboxylic acids is 1. The number of aliphatic carboxylic acids is 1. The SMILES string of the molecule is CCCNC(=O)[C@@H]1CCCN([C@@H](C)C(=O)O)C1. The third kappa shape index (κ3) is 4.00. The van der Waals surface area contributed by atoms with Gasteiger partial charge in [-0.15, -0.1) is 0 Å². The van der Waals surface area contributed by atoms with Crippen LogP contribution in [0.25, 0.3) is 0 Å². The van der Waals surface area contributed by atoms with Crippen molar-refractivity contribution >= 4 is 11.9 Å². The second kappa shape index (κ2) is 6.59. The molecule has 0 spiro atoms. The molecule has 0 saturated carbocycles. The van der Waals surface area contributed by atoms with Crippen LogP contribution in [-0.2, 0) is 9.59 Å². The van der Waals surface area contributed by atoms with Crippen molar-refractivity contribution in [1.29, 1.82) is 0 Å². The Morgan fingerprint density at radius 2 is 2.24 bits per heavy atom. The van der Waals surface area contributed by atoms with E-state index in [-0.39, 0.29) is 11.8 Å². The van der Waals surface area contributed by atoms with Crippen LogP contribution in [-0.4, -0.2) is 47.6 Å². The Bertz CT molecular complexity index is 281. The maximum Gasteiger partial charge on any atom is 0.320 e. The second-order valence-corrected chi connectivity index (χ2v) is 4.64. The van der Waals surface area contributed by atoms with Crippen molar-refractivity contribution in [3.63, 3.8) is 0 Å². The molecule has 1 aliphatic heterocycles. The summed E-state index contributed by atoms with van der Waals surface area (Å²) < 4.78 is 0. The van der Waals surface area contributed by atoms with Crippen molar-refractivity contribution in [3.8, 4) is 0 Å². The van der Waals surface area contributed by atoms with E-state index < -0.39 is 12.0 Å². The van der Waals surface area contributed by atoms with E-state index in [1.165, 1.54) is 0 Å². The highest BCUT2D eigenvalue weighted by Crippen LogP contribution is 2.18. The second-order valence-electron chi connectivity index (χ2n) is 4.64. The molecule has 1 rings (SSSR count). The van der Waals surface area contributed by atoms with Crippen molar-refractivity contribution in [2.24, 2.45) is 5.92 Å². The molecule has 0 radical (unpaired) electrons. The number of likely N-dealkylation sites (tertiary alicyclic amines) is 1. The standard InChI is InChI=1S/C12H22N2O3/c1-3-6-13-11(15)10-5-4-7-14(8-10)9(2)12(16)17/h9-10H,3-8H2,1-2H3,(H,13,15)(H,16,17)/t9-,10+/m0/s1. The summed E-state index contributed by atoms with van der Waals surface area (Å²) in [6.45, 7) is 5.71. The van der Waals surface area contributed by atoms with Gasteiger partial charge in [0.25, 0.3) is 0 Å². The predicted octanol–water partition coefficient (Wildman–Crippen LogP) is 0.698. The highest BCUT2D eigenvalue weighted by Gasteiger charge is 2.30. The number of piperidine rings is 1. The van der Waals surface area contributed by atoms with Gasteiger partial charge >= 0.3 is 5.97 Å². The van der Waals surface area contributed by atoms with E-state index in [1.54, 1.807) is 6.92 Å². The maximum absolute atomic E-state index is 11.8. The summed E-state index contributed by atoms with van der Waals surface area (Å²) in [6, 6.07) is -0.503. The van der Waals surface area contributed by atoms with Gasteiger partial charge in [-0.3, -0.25) is 14.5 Å². The first-order chi connectivity index (χ1) is 8.06. The minimum absolute atomic E-state index is 0.0582. The normalized spacial score (nSPS) is 23.1. The molecule has 1 saturated heterocycles. The predicted molar refractivity (Wildman–Crippen MR) is 64.7 cm³/mol. The van der Waals surface area contributed by atoms with E-state index in [1.807, 2.05) is 11.8 Å². The molecule has 0 bridgehead atoms. The number of carbonyl (C=O) groups is 2.